The van der Waals surface area contributed by atoms with Crippen molar-refractivity contribution in [2.24, 2.45) is 0 Å². The van der Waals surface area contributed by atoms with E-state index in [4.69, 9.17) is 4.74 Å². The van der Waals surface area contributed by atoms with Crippen molar-refractivity contribution in [1.29, 1.82) is 0 Å². The molecule has 2 nitrogen and oxygen atoms in total. The van der Waals surface area contributed by atoms with Crippen LogP contribution in [0.2, 0.25) is 0 Å². The summed E-state index contributed by atoms with van der Waals surface area (Å²) < 4.78 is 14.7. The minimum absolute atomic E-state index is 0.800. The number of anilines is 1. The lowest BCUT2D eigenvalue weighted by Crippen LogP contribution is -2.29. The first-order valence-electron chi connectivity index (χ1n) is 8.23. The van der Waals surface area contributed by atoms with E-state index in [2.05, 4.69) is 24.3 Å². The zero-order valence-corrected chi connectivity index (χ0v) is 13.3. The van der Waals surface area contributed by atoms with Crippen molar-refractivity contribution in [3.8, 4) is 16.9 Å². The van der Waals surface area contributed by atoms with Gasteiger partial charge in [-0.25, -0.2) is 0 Å². The first kappa shape index (κ1) is 12.8. The Morgan fingerprint density at radius 3 is 2.26 bits per heavy atom. The Labute approximate surface area is 138 Å². The summed E-state index contributed by atoms with van der Waals surface area (Å²) in [6, 6.07) is 23.3. The lowest BCUT2D eigenvalue weighted by atomic mass is 9.85. The van der Waals surface area contributed by atoms with Crippen LogP contribution in [0.4, 0.5) is 5.69 Å². The Hall–Kier alpha value is -2.74. The quantitative estimate of drug-likeness (QED) is 0.667. The van der Waals surface area contributed by atoms with Crippen LogP contribution in [0.25, 0.3) is 11.1 Å². The van der Waals surface area contributed by atoms with Crippen molar-refractivity contribution >= 4 is 5.69 Å². The first-order chi connectivity index (χ1) is 11.7. The van der Waals surface area contributed by atoms with Crippen molar-refractivity contribution in [3.63, 3.8) is 0 Å². The van der Waals surface area contributed by atoms with Crippen LogP contribution in [-0.2, 0) is 0 Å². The molecule has 114 valence electrons. The average molecular weight is 302 g/mol. The Bertz CT molecular complexity index is 890. The van der Waals surface area contributed by atoms with E-state index in [0.717, 1.165) is 28.1 Å². The van der Waals surface area contributed by atoms with Crippen LogP contribution in [0.1, 0.15) is 18.5 Å². The van der Waals surface area contributed by atoms with Crippen molar-refractivity contribution in [1.82, 2.24) is 0 Å². The molecule has 1 heterocycles. The van der Waals surface area contributed by atoms with Gasteiger partial charge in [0.1, 0.15) is 5.75 Å². The van der Waals surface area contributed by atoms with Gasteiger partial charge >= 0.3 is 0 Å². The molecule has 0 amide bonds. The fourth-order valence-electron chi connectivity index (χ4n) is 3.32. The van der Waals surface area contributed by atoms with Crippen LogP contribution < -0.4 is 9.64 Å². The van der Waals surface area contributed by atoms with Crippen LogP contribution in [0.3, 0.4) is 0 Å². The van der Waals surface area contributed by atoms with Gasteiger partial charge in [0, 0.05) is 18.3 Å². The minimum atomic E-state index is -0.975. The van der Waals surface area contributed by atoms with Gasteiger partial charge in [0.2, 0.25) is 0 Å². The maximum absolute atomic E-state index is 9.39. The largest absolute Gasteiger partial charge is 0.497 e. The second-order valence-corrected chi connectivity index (χ2v) is 5.70. The lowest BCUT2D eigenvalue weighted by molar-refractivity contribution is 0.414. The Morgan fingerprint density at radius 2 is 1.52 bits per heavy atom. The summed E-state index contributed by atoms with van der Waals surface area (Å²) >= 11 is 0. The third kappa shape index (κ3) is 2.18. The van der Waals surface area contributed by atoms with Gasteiger partial charge in [0.25, 0.3) is 0 Å². The van der Waals surface area contributed by atoms with Gasteiger partial charge in [-0.1, -0.05) is 54.6 Å². The van der Waals surface area contributed by atoms with E-state index in [-0.39, 0.29) is 0 Å². The van der Waals surface area contributed by atoms with Gasteiger partial charge in [0.15, 0.2) is 0 Å². The van der Waals surface area contributed by atoms with Gasteiger partial charge in [-0.2, -0.15) is 0 Å². The van der Waals surface area contributed by atoms with Crippen LogP contribution >= 0.6 is 0 Å². The molecule has 0 aromatic heterocycles. The predicted octanol–water partition coefficient (Wildman–Crippen LogP) is 4.90. The molecule has 1 aliphatic heterocycles. The molecule has 3 aromatic carbocycles. The summed E-state index contributed by atoms with van der Waals surface area (Å²) in [5.74, 6) is 0.800. The van der Waals surface area contributed by atoms with E-state index < -0.39 is 6.02 Å². The highest BCUT2D eigenvalue weighted by Crippen LogP contribution is 2.46. The number of nitrogens with zero attached hydrogens (tertiary/aromatic N) is 1. The minimum Gasteiger partial charge on any atom is -0.497 e. The molecular formula is C21H19NO. The van der Waals surface area contributed by atoms with Crippen molar-refractivity contribution < 1.29 is 6.11 Å². The number of para-hydroxylation sites is 1. The Balaban J connectivity index is 1.98. The smallest absolute Gasteiger partial charge is 0.118 e. The van der Waals surface area contributed by atoms with Crippen LogP contribution in [0, 0.1) is 0 Å². The van der Waals surface area contributed by atoms with E-state index in [1.165, 1.54) is 5.56 Å². The van der Waals surface area contributed by atoms with Gasteiger partial charge in [-0.05, 0) is 34.9 Å². The third-order valence-corrected chi connectivity index (χ3v) is 4.44. The highest BCUT2D eigenvalue weighted by atomic mass is 16.5. The van der Waals surface area contributed by atoms with Crippen molar-refractivity contribution in [2.45, 2.75) is 6.02 Å². The van der Waals surface area contributed by atoms with Gasteiger partial charge in [-0.3, -0.25) is 0 Å². The summed E-state index contributed by atoms with van der Waals surface area (Å²) in [5.41, 5.74) is 5.29. The Morgan fingerprint density at radius 1 is 0.870 bits per heavy atom. The second kappa shape index (κ2) is 5.47. The van der Waals surface area contributed by atoms with Crippen LogP contribution in [-0.4, -0.2) is 14.2 Å². The number of fused-ring (bicyclic) bond motifs is 3. The lowest BCUT2D eigenvalue weighted by Gasteiger charge is -2.38. The Kier molecular flexibility index (Phi) is 3.04. The molecule has 0 N–H and O–H groups in total. The van der Waals surface area contributed by atoms with E-state index in [1.54, 1.807) is 7.11 Å². The predicted molar refractivity (Wildman–Crippen MR) is 95.1 cm³/mol. The molecule has 0 spiro atoms. The second-order valence-electron chi connectivity index (χ2n) is 5.70. The molecular weight excluding hydrogens is 282 g/mol. The number of methoxy groups -OCH3 is 1. The molecule has 1 atom stereocenters. The number of rotatable bonds is 2. The summed E-state index contributed by atoms with van der Waals surface area (Å²) in [6.45, 7) is 0. The third-order valence-electron chi connectivity index (χ3n) is 4.44. The summed E-state index contributed by atoms with van der Waals surface area (Å²) in [5, 5.41) is 0. The molecule has 3 aromatic rings. The van der Waals surface area contributed by atoms with E-state index >= 15 is 0 Å². The topological polar surface area (TPSA) is 12.5 Å². The normalized spacial score (nSPS) is 19.6. The maximum Gasteiger partial charge on any atom is 0.118 e. The van der Waals surface area contributed by atoms with Crippen LogP contribution in [0.5, 0.6) is 5.75 Å². The number of hydrogen-bond acceptors (Lipinski definition) is 2. The molecule has 1 aliphatic rings. The molecule has 0 aliphatic carbocycles. The van der Waals surface area contributed by atoms with Crippen molar-refractivity contribution in [2.75, 3.05) is 19.1 Å². The fourth-order valence-corrected chi connectivity index (χ4v) is 3.32. The molecule has 0 fully saturated rings. The van der Waals surface area contributed by atoms with Gasteiger partial charge in [-0.15, -0.1) is 0 Å². The molecule has 0 bridgehead atoms. The van der Waals surface area contributed by atoms with E-state index in [9.17, 15) is 1.37 Å². The van der Waals surface area contributed by atoms with Gasteiger partial charge < -0.3 is 9.64 Å². The standard InChI is InChI=1S/C21H19NO/c1-22-20-10-6-5-8-18(20)17-7-3-4-9-19(17)21(22)15-11-13-16(23-2)14-12-15/h3-14,21H,1-2H3/i21D. The maximum atomic E-state index is 9.39. The molecule has 2 heteroatoms. The molecule has 4 rings (SSSR count). The summed E-state index contributed by atoms with van der Waals surface area (Å²) in [6.07, 6.45) is 0. The highest BCUT2D eigenvalue weighted by molar-refractivity contribution is 5.85. The zero-order valence-electron chi connectivity index (χ0n) is 14.3. The number of hydrogen-bond donors (Lipinski definition) is 0. The van der Waals surface area contributed by atoms with Gasteiger partial charge in [0.05, 0.1) is 14.5 Å². The number of ether oxygens (including phenoxy) is 1. The summed E-state index contributed by atoms with van der Waals surface area (Å²) in [7, 11) is 3.65. The SMILES string of the molecule is [2H]C1(c2ccc(OC)cc2)c2ccccc2-c2ccccc2N1C. The molecule has 0 radical (unpaired) electrons. The molecule has 1 unspecified atom stereocenters. The first-order valence-corrected chi connectivity index (χ1v) is 7.73. The summed E-state index contributed by atoms with van der Waals surface area (Å²) in [4.78, 5) is 2.05. The fraction of sp³-hybridized carbons (Fsp3) is 0.143. The van der Waals surface area contributed by atoms with E-state index in [1.807, 2.05) is 60.5 Å². The number of benzene rings is 3. The van der Waals surface area contributed by atoms with Crippen LogP contribution in [0.15, 0.2) is 72.8 Å². The van der Waals surface area contributed by atoms with Crippen molar-refractivity contribution in [3.05, 3.63) is 83.9 Å². The molecule has 0 saturated heterocycles. The average Bonchev–Trinajstić information content (AvgIpc) is 2.66. The highest BCUT2D eigenvalue weighted by Gasteiger charge is 2.29. The molecule has 0 saturated carbocycles. The monoisotopic (exact) mass is 302 g/mol. The van der Waals surface area contributed by atoms with E-state index in [0.29, 0.717) is 0 Å². The zero-order chi connectivity index (χ0) is 16.7. The molecule has 23 heavy (non-hydrogen) atoms.